The van der Waals surface area contributed by atoms with Gasteiger partial charge in [0.1, 0.15) is 5.75 Å². The van der Waals surface area contributed by atoms with Crippen molar-refractivity contribution in [2.75, 3.05) is 26.7 Å². The molecular weight excluding hydrogens is 248 g/mol. The molecule has 1 aromatic carbocycles. The second-order valence-electron chi connectivity index (χ2n) is 6.00. The van der Waals surface area contributed by atoms with Crippen LogP contribution < -0.4 is 10.1 Å². The summed E-state index contributed by atoms with van der Waals surface area (Å²) in [5, 5.41) is 3.72. The number of likely N-dealkylation sites (N-methyl/N-ethyl adjacent to an activating group) is 1. The van der Waals surface area contributed by atoms with Crippen molar-refractivity contribution in [2.24, 2.45) is 5.92 Å². The summed E-state index contributed by atoms with van der Waals surface area (Å²) in [7, 11) is 2.21. The van der Waals surface area contributed by atoms with Crippen LogP contribution >= 0.6 is 0 Å². The number of nitrogens with zero attached hydrogens (tertiary/aromatic N) is 1. The van der Waals surface area contributed by atoms with Crippen LogP contribution in [0.15, 0.2) is 24.3 Å². The van der Waals surface area contributed by atoms with Crippen molar-refractivity contribution in [2.45, 2.75) is 39.3 Å². The minimum absolute atomic E-state index is 0.408. The van der Waals surface area contributed by atoms with Gasteiger partial charge in [0.25, 0.3) is 0 Å². The third kappa shape index (κ3) is 3.53. The van der Waals surface area contributed by atoms with Crippen LogP contribution in [0.4, 0.5) is 0 Å². The summed E-state index contributed by atoms with van der Waals surface area (Å²) in [6.07, 6.45) is 1.20. The maximum atomic E-state index is 5.80. The Kier molecular flexibility index (Phi) is 5.44. The van der Waals surface area contributed by atoms with Gasteiger partial charge in [0.15, 0.2) is 0 Å². The van der Waals surface area contributed by atoms with Gasteiger partial charge in [-0.15, -0.1) is 0 Å². The van der Waals surface area contributed by atoms with Gasteiger partial charge in [-0.2, -0.15) is 0 Å². The van der Waals surface area contributed by atoms with Crippen molar-refractivity contribution < 1.29 is 4.74 Å². The second kappa shape index (κ2) is 7.09. The van der Waals surface area contributed by atoms with Crippen molar-refractivity contribution in [1.29, 1.82) is 0 Å². The van der Waals surface area contributed by atoms with Crippen molar-refractivity contribution in [3.63, 3.8) is 0 Å². The highest BCUT2D eigenvalue weighted by Gasteiger charge is 2.27. The molecule has 0 bridgehead atoms. The Bertz CT molecular complexity index is 421. The zero-order valence-corrected chi connectivity index (χ0v) is 13.2. The van der Waals surface area contributed by atoms with E-state index in [1.165, 1.54) is 12.0 Å². The summed E-state index contributed by atoms with van der Waals surface area (Å²) in [5.74, 6) is 1.55. The quantitative estimate of drug-likeness (QED) is 0.864. The summed E-state index contributed by atoms with van der Waals surface area (Å²) >= 11 is 0. The van der Waals surface area contributed by atoms with Crippen LogP contribution in [0.5, 0.6) is 5.75 Å². The average molecular weight is 276 g/mol. The van der Waals surface area contributed by atoms with Crippen LogP contribution in [-0.2, 0) is 0 Å². The zero-order valence-electron chi connectivity index (χ0n) is 13.2. The first-order valence-corrected chi connectivity index (χ1v) is 7.78. The monoisotopic (exact) mass is 276 g/mol. The molecule has 2 rings (SSSR count). The van der Waals surface area contributed by atoms with Crippen molar-refractivity contribution in [1.82, 2.24) is 10.2 Å². The molecule has 1 heterocycles. The second-order valence-corrected chi connectivity index (χ2v) is 6.00. The van der Waals surface area contributed by atoms with Crippen LogP contribution in [0.25, 0.3) is 0 Å². The Morgan fingerprint density at radius 1 is 1.40 bits per heavy atom. The lowest BCUT2D eigenvalue weighted by Gasteiger charge is -2.33. The molecule has 1 aromatic rings. The van der Waals surface area contributed by atoms with Crippen molar-refractivity contribution in [3.05, 3.63) is 29.8 Å². The molecule has 0 saturated carbocycles. The lowest BCUT2D eigenvalue weighted by Crippen LogP contribution is -2.39. The Labute approximate surface area is 123 Å². The van der Waals surface area contributed by atoms with E-state index in [4.69, 9.17) is 4.74 Å². The van der Waals surface area contributed by atoms with Crippen molar-refractivity contribution >= 4 is 0 Å². The number of rotatable bonds is 6. The highest BCUT2D eigenvalue weighted by molar-refractivity contribution is 5.37. The fraction of sp³-hybridized carbons (Fsp3) is 0.647. The van der Waals surface area contributed by atoms with Crippen LogP contribution in [0, 0.1) is 5.92 Å². The fourth-order valence-corrected chi connectivity index (χ4v) is 2.73. The van der Waals surface area contributed by atoms with E-state index in [-0.39, 0.29) is 0 Å². The normalized spacial score (nSPS) is 23.2. The molecule has 0 aromatic heterocycles. The molecular formula is C17H28N2O. The third-order valence-electron chi connectivity index (χ3n) is 4.50. The van der Waals surface area contributed by atoms with E-state index in [1.807, 2.05) is 6.07 Å². The van der Waals surface area contributed by atoms with E-state index in [1.54, 1.807) is 0 Å². The zero-order chi connectivity index (χ0) is 14.5. The Morgan fingerprint density at radius 3 is 2.90 bits per heavy atom. The number of hydrogen-bond acceptors (Lipinski definition) is 3. The molecule has 0 aliphatic carbocycles. The molecule has 112 valence electrons. The predicted octanol–water partition coefficient (Wildman–Crippen LogP) is 3.08. The standard InChI is InChI=1S/C17H28N2O/c1-5-14(3)19(4)11-10-18-17-13(2)12-20-16-9-7-6-8-15(16)17/h6-9,13-14,17-18H,5,10-12H2,1-4H3. The van der Waals surface area contributed by atoms with Gasteiger partial charge in [-0.05, 0) is 26.5 Å². The molecule has 20 heavy (non-hydrogen) atoms. The van der Waals surface area contributed by atoms with Gasteiger partial charge in [0.05, 0.1) is 6.61 Å². The van der Waals surface area contributed by atoms with Gasteiger partial charge in [-0.3, -0.25) is 0 Å². The summed E-state index contributed by atoms with van der Waals surface area (Å²) in [4.78, 5) is 2.42. The van der Waals surface area contributed by atoms with Gasteiger partial charge in [-0.1, -0.05) is 32.0 Å². The van der Waals surface area contributed by atoms with Gasteiger partial charge in [-0.25, -0.2) is 0 Å². The number of hydrogen-bond donors (Lipinski definition) is 1. The van der Waals surface area contributed by atoms with E-state index in [0.29, 0.717) is 18.0 Å². The Hall–Kier alpha value is -1.06. The molecule has 3 unspecified atom stereocenters. The summed E-state index contributed by atoms with van der Waals surface area (Å²) < 4.78 is 5.80. The maximum Gasteiger partial charge on any atom is 0.124 e. The van der Waals surface area contributed by atoms with Crippen LogP contribution in [-0.4, -0.2) is 37.7 Å². The molecule has 1 aliphatic rings. The Balaban J connectivity index is 1.92. The first-order chi connectivity index (χ1) is 9.63. The van der Waals surface area contributed by atoms with E-state index in [9.17, 15) is 0 Å². The first kappa shape index (κ1) is 15.3. The molecule has 0 spiro atoms. The van der Waals surface area contributed by atoms with E-state index >= 15 is 0 Å². The third-order valence-corrected chi connectivity index (χ3v) is 4.50. The molecule has 3 atom stereocenters. The van der Waals surface area contributed by atoms with E-state index in [2.05, 4.69) is 56.2 Å². The topological polar surface area (TPSA) is 24.5 Å². The van der Waals surface area contributed by atoms with Crippen LogP contribution in [0.2, 0.25) is 0 Å². The largest absolute Gasteiger partial charge is 0.493 e. The summed E-state index contributed by atoms with van der Waals surface area (Å²) in [5.41, 5.74) is 1.30. The average Bonchev–Trinajstić information content (AvgIpc) is 2.48. The van der Waals surface area contributed by atoms with Crippen molar-refractivity contribution in [3.8, 4) is 5.75 Å². The molecule has 0 fully saturated rings. The van der Waals surface area contributed by atoms with Gasteiger partial charge < -0.3 is 15.0 Å². The van der Waals surface area contributed by atoms with E-state index in [0.717, 1.165) is 25.4 Å². The minimum Gasteiger partial charge on any atom is -0.493 e. The number of nitrogens with one attached hydrogen (secondary N) is 1. The number of ether oxygens (including phenoxy) is 1. The number of fused-ring (bicyclic) bond motifs is 1. The molecule has 1 N–H and O–H groups in total. The SMILES string of the molecule is CCC(C)N(C)CCNC1c2ccccc2OCC1C. The number of benzene rings is 1. The lowest BCUT2D eigenvalue weighted by atomic mass is 9.92. The van der Waals surface area contributed by atoms with E-state index < -0.39 is 0 Å². The van der Waals surface area contributed by atoms with Crippen LogP contribution in [0.3, 0.4) is 0 Å². The van der Waals surface area contributed by atoms with Gasteiger partial charge in [0.2, 0.25) is 0 Å². The van der Waals surface area contributed by atoms with Crippen LogP contribution in [0.1, 0.15) is 38.8 Å². The highest BCUT2D eigenvalue weighted by atomic mass is 16.5. The number of para-hydroxylation sites is 1. The molecule has 3 nitrogen and oxygen atoms in total. The molecule has 0 amide bonds. The highest BCUT2D eigenvalue weighted by Crippen LogP contribution is 2.34. The van der Waals surface area contributed by atoms with Gasteiger partial charge in [0, 0.05) is 36.7 Å². The van der Waals surface area contributed by atoms with Gasteiger partial charge >= 0.3 is 0 Å². The Morgan fingerprint density at radius 2 is 2.15 bits per heavy atom. The molecule has 3 heteroatoms. The molecule has 0 saturated heterocycles. The lowest BCUT2D eigenvalue weighted by molar-refractivity contribution is 0.181. The maximum absolute atomic E-state index is 5.80. The molecule has 1 aliphatic heterocycles. The minimum atomic E-state index is 0.408. The first-order valence-electron chi connectivity index (χ1n) is 7.78. The predicted molar refractivity (Wildman–Crippen MR) is 84.2 cm³/mol. The summed E-state index contributed by atoms with van der Waals surface area (Å²) in [6.45, 7) is 9.69. The molecule has 0 radical (unpaired) electrons. The fourth-order valence-electron chi connectivity index (χ4n) is 2.73. The smallest absolute Gasteiger partial charge is 0.124 e. The summed E-state index contributed by atoms with van der Waals surface area (Å²) in [6, 6.07) is 9.45.